The molecule has 3 aromatic heterocycles. The highest BCUT2D eigenvalue weighted by Gasteiger charge is 2.23. The van der Waals surface area contributed by atoms with Gasteiger partial charge < -0.3 is 14.8 Å². The highest BCUT2D eigenvalue weighted by molar-refractivity contribution is 7.99. The number of nitrogens with zero attached hydrogens (tertiary/aromatic N) is 5. The van der Waals surface area contributed by atoms with E-state index in [0.717, 1.165) is 11.8 Å². The van der Waals surface area contributed by atoms with Crippen LogP contribution in [0.5, 0.6) is 0 Å². The minimum atomic E-state index is -3.60. The van der Waals surface area contributed by atoms with Gasteiger partial charge in [0.2, 0.25) is 21.1 Å². The molecule has 0 fully saturated rings. The summed E-state index contributed by atoms with van der Waals surface area (Å²) in [7, 11) is -3.60. The van der Waals surface area contributed by atoms with Gasteiger partial charge in [0.25, 0.3) is 0 Å². The van der Waals surface area contributed by atoms with Crippen molar-refractivity contribution in [1.29, 1.82) is 0 Å². The molecule has 32 heavy (non-hydrogen) atoms. The number of amides is 1. The van der Waals surface area contributed by atoms with Crippen LogP contribution >= 0.6 is 11.8 Å². The zero-order valence-electron chi connectivity index (χ0n) is 17.6. The minimum Gasteiger partial charge on any atom is -0.360 e. The molecule has 0 bridgehead atoms. The molecule has 1 aromatic carbocycles. The van der Waals surface area contributed by atoms with Gasteiger partial charge in [0, 0.05) is 30.1 Å². The summed E-state index contributed by atoms with van der Waals surface area (Å²) in [4.78, 5) is 19.8. The maximum Gasteiger partial charge on any atom is 0.243 e. The van der Waals surface area contributed by atoms with Gasteiger partial charge in [-0.05, 0) is 25.1 Å². The quantitative estimate of drug-likeness (QED) is 0.367. The number of thioether (sulfide) groups is 1. The van der Waals surface area contributed by atoms with Gasteiger partial charge in [-0.15, -0.1) is 10.2 Å². The number of aromatic nitrogens is 5. The van der Waals surface area contributed by atoms with E-state index in [0.29, 0.717) is 51.9 Å². The van der Waals surface area contributed by atoms with Gasteiger partial charge in [-0.1, -0.05) is 30.8 Å². The average molecular weight is 476 g/mol. The normalized spacial score (nSPS) is 12.1. The van der Waals surface area contributed by atoms with Gasteiger partial charge in [0.1, 0.15) is 11.3 Å². The third kappa shape index (κ3) is 4.31. The third-order valence-corrected chi connectivity index (χ3v) is 7.62. The molecule has 0 saturated carbocycles. The second kappa shape index (κ2) is 8.84. The molecule has 0 atom stereocenters. The van der Waals surface area contributed by atoms with Crippen molar-refractivity contribution in [3.05, 3.63) is 30.0 Å². The molecule has 13 heteroatoms. The maximum atomic E-state index is 12.8. The fourth-order valence-corrected chi connectivity index (χ4v) is 5.28. The average Bonchev–Trinajstić information content (AvgIpc) is 3.34. The van der Waals surface area contributed by atoms with Crippen LogP contribution in [0.3, 0.4) is 0 Å². The molecule has 0 aliphatic carbocycles. The molecular formula is C19H21N7O4S2. The van der Waals surface area contributed by atoms with Crippen LogP contribution in [0.25, 0.3) is 22.1 Å². The molecule has 168 valence electrons. The number of rotatable bonds is 8. The van der Waals surface area contributed by atoms with Crippen LogP contribution in [0, 0.1) is 6.92 Å². The van der Waals surface area contributed by atoms with Crippen molar-refractivity contribution in [2.24, 2.45) is 0 Å². The molecule has 0 saturated heterocycles. The van der Waals surface area contributed by atoms with Crippen molar-refractivity contribution in [3.8, 4) is 0 Å². The molecule has 11 nitrogen and oxygen atoms in total. The lowest BCUT2D eigenvalue weighted by Gasteiger charge is -2.18. The Morgan fingerprint density at radius 3 is 2.69 bits per heavy atom. The highest BCUT2D eigenvalue weighted by atomic mass is 32.2. The predicted octanol–water partition coefficient (Wildman–Crippen LogP) is 2.56. The van der Waals surface area contributed by atoms with Crippen LogP contribution in [0.2, 0.25) is 0 Å². The molecule has 1 amide bonds. The third-order valence-electron chi connectivity index (χ3n) is 4.74. The van der Waals surface area contributed by atoms with E-state index in [-0.39, 0.29) is 16.6 Å². The SMILES string of the molecule is CCN(CC)S(=O)(=O)c1ccc2[nH]c3nc(SCC(=O)Nc4cc(C)on4)nnc3c2c1. The fraction of sp³-hybridized carbons (Fsp3) is 0.316. The van der Waals surface area contributed by atoms with Gasteiger partial charge >= 0.3 is 0 Å². The van der Waals surface area contributed by atoms with E-state index >= 15 is 0 Å². The molecule has 0 radical (unpaired) electrons. The van der Waals surface area contributed by atoms with Crippen molar-refractivity contribution in [3.63, 3.8) is 0 Å². The molecule has 4 aromatic rings. The summed E-state index contributed by atoms with van der Waals surface area (Å²) in [6, 6.07) is 6.45. The van der Waals surface area contributed by atoms with Gasteiger partial charge in [-0.3, -0.25) is 4.79 Å². The number of hydrogen-bond donors (Lipinski definition) is 2. The first kappa shape index (κ1) is 22.2. The fourth-order valence-electron chi connectivity index (χ4n) is 3.20. The van der Waals surface area contributed by atoms with E-state index in [9.17, 15) is 13.2 Å². The smallest absolute Gasteiger partial charge is 0.243 e. The number of hydrogen-bond acceptors (Lipinski definition) is 9. The monoisotopic (exact) mass is 475 g/mol. The Balaban J connectivity index is 1.55. The molecular weight excluding hydrogens is 454 g/mol. The lowest BCUT2D eigenvalue weighted by atomic mass is 10.2. The molecule has 4 rings (SSSR count). The van der Waals surface area contributed by atoms with E-state index in [2.05, 4.69) is 30.6 Å². The minimum absolute atomic E-state index is 0.0611. The van der Waals surface area contributed by atoms with Crippen molar-refractivity contribution < 1.29 is 17.7 Å². The summed E-state index contributed by atoms with van der Waals surface area (Å²) in [6.07, 6.45) is 0. The number of aryl methyl sites for hydroxylation is 1. The lowest BCUT2D eigenvalue weighted by molar-refractivity contribution is -0.113. The van der Waals surface area contributed by atoms with Gasteiger partial charge in [0.05, 0.1) is 10.6 Å². The first-order valence-corrected chi connectivity index (χ1v) is 12.3. The van der Waals surface area contributed by atoms with Crippen LogP contribution < -0.4 is 5.32 Å². The van der Waals surface area contributed by atoms with E-state index in [1.807, 2.05) is 0 Å². The van der Waals surface area contributed by atoms with Gasteiger partial charge in [0.15, 0.2) is 11.5 Å². The molecule has 0 aliphatic heterocycles. The van der Waals surface area contributed by atoms with Crippen LogP contribution in [-0.2, 0) is 14.8 Å². The standard InChI is InChI=1S/C19H21N7O4S2/c1-4-26(5-2)32(28,29)12-6-7-14-13(9-12)17-18(20-14)22-19(24-23-17)31-10-16(27)21-15-8-11(3)30-25-15/h6-9H,4-5,10H2,1-3H3,(H,20,22,24)(H,21,25,27). The van der Waals surface area contributed by atoms with Crippen molar-refractivity contribution in [2.75, 3.05) is 24.2 Å². The Morgan fingerprint density at radius 2 is 2.00 bits per heavy atom. The summed E-state index contributed by atoms with van der Waals surface area (Å²) < 4.78 is 32.0. The second-order valence-corrected chi connectivity index (χ2v) is 9.75. The van der Waals surface area contributed by atoms with Gasteiger partial charge in [-0.2, -0.15) is 4.31 Å². The molecule has 3 heterocycles. The van der Waals surface area contributed by atoms with Crippen LogP contribution in [-0.4, -0.2) is 62.8 Å². The number of fused-ring (bicyclic) bond motifs is 3. The van der Waals surface area contributed by atoms with Crippen LogP contribution in [0.1, 0.15) is 19.6 Å². The topological polar surface area (TPSA) is 147 Å². The summed E-state index contributed by atoms with van der Waals surface area (Å²) in [5.41, 5.74) is 1.62. The van der Waals surface area contributed by atoms with E-state index < -0.39 is 10.0 Å². The lowest BCUT2D eigenvalue weighted by Crippen LogP contribution is -2.30. The van der Waals surface area contributed by atoms with Crippen molar-refractivity contribution in [2.45, 2.75) is 30.8 Å². The van der Waals surface area contributed by atoms with E-state index in [4.69, 9.17) is 4.52 Å². The number of nitrogens with one attached hydrogen (secondary N) is 2. The van der Waals surface area contributed by atoms with Crippen molar-refractivity contribution >= 4 is 55.6 Å². The number of carbonyl (C=O) groups excluding carboxylic acids is 1. The van der Waals surface area contributed by atoms with E-state index in [1.54, 1.807) is 45.0 Å². The Labute approximate surface area is 188 Å². The second-order valence-electron chi connectivity index (χ2n) is 6.87. The number of H-pyrrole nitrogens is 1. The Hall–Kier alpha value is -3.03. The van der Waals surface area contributed by atoms with E-state index in [1.165, 1.54) is 4.31 Å². The number of benzene rings is 1. The molecule has 2 N–H and O–H groups in total. The molecule has 0 unspecified atom stereocenters. The number of anilines is 1. The zero-order valence-corrected chi connectivity index (χ0v) is 19.2. The predicted molar refractivity (Wildman–Crippen MR) is 120 cm³/mol. The zero-order chi connectivity index (χ0) is 22.9. The van der Waals surface area contributed by atoms with Crippen LogP contribution in [0.4, 0.5) is 5.82 Å². The van der Waals surface area contributed by atoms with Crippen molar-refractivity contribution in [1.82, 2.24) is 29.6 Å². The Morgan fingerprint density at radius 1 is 1.22 bits per heavy atom. The van der Waals surface area contributed by atoms with Gasteiger partial charge in [-0.25, -0.2) is 13.4 Å². The summed E-state index contributed by atoms with van der Waals surface area (Å²) in [5, 5.41) is 15.5. The summed E-state index contributed by atoms with van der Waals surface area (Å²) >= 11 is 1.12. The number of carbonyl (C=O) groups is 1. The maximum absolute atomic E-state index is 12.8. The molecule has 0 aliphatic rings. The first-order valence-electron chi connectivity index (χ1n) is 9.84. The highest BCUT2D eigenvalue weighted by Crippen LogP contribution is 2.27. The largest absolute Gasteiger partial charge is 0.360 e. The van der Waals surface area contributed by atoms with Crippen LogP contribution in [0.15, 0.2) is 38.8 Å². The number of aromatic amines is 1. The Kier molecular flexibility index (Phi) is 6.13. The summed E-state index contributed by atoms with van der Waals surface area (Å²) in [5.74, 6) is 0.715. The Bertz CT molecular complexity index is 1390. The number of sulfonamides is 1. The molecule has 0 spiro atoms. The summed E-state index contributed by atoms with van der Waals surface area (Å²) in [6.45, 7) is 6.10. The first-order chi connectivity index (χ1) is 15.3.